The predicted octanol–water partition coefficient (Wildman–Crippen LogP) is 2.56. The fraction of sp³-hybridized carbons (Fsp3) is 0.545. The van der Waals surface area contributed by atoms with Gasteiger partial charge in [-0.15, -0.1) is 0 Å². The summed E-state index contributed by atoms with van der Waals surface area (Å²) in [7, 11) is 0. The van der Waals surface area contributed by atoms with E-state index in [2.05, 4.69) is 69.6 Å². The summed E-state index contributed by atoms with van der Waals surface area (Å²) in [5.74, 6) is 1.94. The van der Waals surface area contributed by atoms with Crippen molar-refractivity contribution in [1.29, 1.82) is 0 Å². The monoisotopic (exact) mass is 380 g/mol. The molecule has 0 amide bonds. The second kappa shape index (κ2) is 8.35. The average molecular weight is 381 g/mol. The Kier molecular flexibility index (Phi) is 5.67. The van der Waals surface area contributed by atoms with Crippen LogP contribution < -0.4 is 14.7 Å². The van der Waals surface area contributed by atoms with Gasteiger partial charge in [0.25, 0.3) is 0 Å². The molecule has 2 aliphatic heterocycles. The highest BCUT2D eigenvalue weighted by molar-refractivity contribution is 5.57. The van der Waals surface area contributed by atoms with Gasteiger partial charge in [0.1, 0.15) is 5.82 Å². The van der Waals surface area contributed by atoms with Crippen LogP contribution >= 0.6 is 0 Å². The van der Waals surface area contributed by atoms with E-state index in [9.17, 15) is 0 Å². The first-order valence-corrected chi connectivity index (χ1v) is 10.5. The summed E-state index contributed by atoms with van der Waals surface area (Å²) in [4.78, 5) is 19.2. The van der Waals surface area contributed by atoms with Gasteiger partial charge in [0.05, 0.1) is 0 Å². The van der Waals surface area contributed by atoms with Crippen molar-refractivity contribution in [2.45, 2.75) is 20.8 Å². The largest absolute Gasteiger partial charge is 0.368 e. The van der Waals surface area contributed by atoms with E-state index in [1.54, 1.807) is 0 Å². The molecule has 0 bridgehead atoms. The summed E-state index contributed by atoms with van der Waals surface area (Å²) >= 11 is 0. The van der Waals surface area contributed by atoms with Crippen LogP contribution in [0.2, 0.25) is 0 Å². The highest BCUT2D eigenvalue weighted by Gasteiger charge is 2.22. The molecular weight excluding hydrogens is 348 g/mol. The van der Waals surface area contributed by atoms with Crippen LogP contribution in [0.3, 0.4) is 0 Å². The molecule has 0 N–H and O–H groups in total. The minimum absolute atomic E-state index is 0.871. The molecule has 3 heterocycles. The van der Waals surface area contributed by atoms with Crippen LogP contribution in [-0.4, -0.2) is 73.8 Å². The van der Waals surface area contributed by atoms with E-state index in [0.717, 1.165) is 70.7 Å². The van der Waals surface area contributed by atoms with Gasteiger partial charge in [-0.2, -0.15) is 4.98 Å². The average Bonchev–Trinajstić information content (AvgIpc) is 2.76. The van der Waals surface area contributed by atoms with Crippen molar-refractivity contribution in [3.05, 3.63) is 41.6 Å². The van der Waals surface area contributed by atoms with Crippen molar-refractivity contribution in [1.82, 2.24) is 14.9 Å². The van der Waals surface area contributed by atoms with Crippen molar-refractivity contribution in [3.8, 4) is 0 Å². The van der Waals surface area contributed by atoms with Crippen LogP contribution in [-0.2, 0) is 0 Å². The number of aryl methyl sites for hydroxylation is 1. The Balaban J connectivity index is 1.40. The summed E-state index contributed by atoms with van der Waals surface area (Å²) in [5.41, 5.74) is 4.11. The maximum atomic E-state index is 4.90. The Morgan fingerprint density at radius 3 is 2.21 bits per heavy atom. The van der Waals surface area contributed by atoms with Gasteiger partial charge in [-0.1, -0.05) is 19.1 Å². The Bertz CT molecular complexity index is 791. The third-order valence-electron chi connectivity index (χ3n) is 6.25. The van der Waals surface area contributed by atoms with Crippen LogP contribution in [0.15, 0.2) is 30.5 Å². The number of nitrogens with zero attached hydrogens (tertiary/aromatic N) is 6. The number of hydrogen-bond acceptors (Lipinski definition) is 6. The van der Waals surface area contributed by atoms with Crippen molar-refractivity contribution < 1.29 is 0 Å². The minimum atomic E-state index is 0.871. The molecule has 0 aliphatic carbocycles. The topological polar surface area (TPSA) is 38.7 Å². The van der Waals surface area contributed by atoms with E-state index in [4.69, 9.17) is 4.98 Å². The maximum absolute atomic E-state index is 4.90. The zero-order chi connectivity index (χ0) is 19.5. The summed E-state index contributed by atoms with van der Waals surface area (Å²) in [6.07, 6.45) is 1.92. The van der Waals surface area contributed by atoms with Crippen molar-refractivity contribution in [2.24, 2.45) is 0 Å². The van der Waals surface area contributed by atoms with Gasteiger partial charge < -0.3 is 19.6 Å². The molecule has 0 radical (unpaired) electrons. The smallest absolute Gasteiger partial charge is 0.227 e. The SMILES string of the molecule is CCN1CCN(c2ccnc(N3CCN(c4cccc(C)c4C)CC3)n2)CC1. The number of aromatic nitrogens is 2. The molecule has 28 heavy (non-hydrogen) atoms. The van der Waals surface area contributed by atoms with Crippen LogP contribution in [0.5, 0.6) is 0 Å². The molecular formula is C22H32N6. The van der Waals surface area contributed by atoms with Crippen molar-refractivity contribution >= 4 is 17.5 Å². The lowest BCUT2D eigenvalue weighted by molar-refractivity contribution is 0.270. The quantitative estimate of drug-likeness (QED) is 0.812. The third kappa shape index (κ3) is 3.92. The summed E-state index contributed by atoms with van der Waals surface area (Å²) < 4.78 is 0. The van der Waals surface area contributed by atoms with Gasteiger partial charge >= 0.3 is 0 Å². The first-order chi connectivity index (χ1) is 13.7. The van der Waals surface area contributed by atoms with E-state index < -0.39 is 0 Å². The normalized spacial score (nSPS) is 18.6. The molecule has 4 rings (SSSR count). The van der Waals surface area contributed by atoms with Crippen LogP contribution in [0.4, 0.5) is 17.5 Å². The fourth-order valence-electron chi connectivity index (χ4n) is 4.19. The molecule has 1 aromatic heterocycles. The zero-order valence-corrected chi connectivity index (χ0v) is 17.4. The molecule has 2 saturated heterocycles. The lowest BCUT2D eigenvalue weighted by atomic mass is 10.1. The van der Waals surface area contributed by atoms with E-state index in [1.807, 2.05) is 6.20 Å². The van der Waals surface area contributed by atoms with E-state index in [0.29, 0.717) is 0 Å². The molecule has 1 aromatic carbocycles. The van der Waals surface area contributed by atoms with Crippen LogP contribution in [0, 0.1) is 13.8 Å². The van der Waals surface area contributed by atoms with Crippen LogP contribution in [0.1, 0.15) is 18.1 Å². The number of rotatable bonds is 4. The standard InChI is InChI=1S/C22H32N6/c1-4-25-10-12-27(13-11-25)21-8-9-23-22(24-21)28-16-14-26(15-17-28)20-7-5-6-18(2)19(20)3/h5-9H,4,10-17H2,1-3H3. The van der Waals surface area contributed by atoms with Gasteiger partial charge in [0.2, 0.25) is 5.95 Å². The van der Waals surface area contributed by atoms with Crippen molar-refractivity contribution in [3.63, 3.8) is 0 Å². The van der Waals surface area contributed by atoms with Crippen LogP contribution in [0.25, 0.3) is 0 Å². The highest BCUT2D eigenvalue weighted by atomic mass is 15.3. The zero-order valence-electron chi connectivity index (χ0n) is 17.4. The van der Waals surface area contributed by atoms with Gasteiger partial charge in [-0.05, 0) is 43.7 Å². The first-order valence-electron chi connectivity index (χ1n) is 10.5. The molecule has 6 nitrogen and oxygen atoms in total. The predicted molar refractivity (Wildman–Crippen MR) is 117 cm³/mol. The summed E-state index contributed by atoms with van der Waals surface area (Å²) in [6.45, 7) is 16.0. The summed E-state index contributed by atoms with van der Waals surface area (Å²) in [5, 5.41) is 0. The second-order valence-electron chi connectivity index (χ2n) is 7.83. The van der Waals surface area contributed by atoms with Gasteiger partial charge in [0.15, 0.2) is 0 Å². The highest BCUT2D eigenvalue weighted by Crippen LogP contribution is 2.25. The number of benzene rings is 1. The van der Waals surface area contributed by atoms with E-state index >= 15 is 0 Å². The Morgan fingerprint density at radius 2 is 1.50 bits per heavy atom. The molecule has 0 spiro atoms. The summed E-state index contributed by atoms with van der Waals surface area (Å²) in [6, 6.07) is 8.65. The lowest BCUT2D eigenvalue weighted by Crippen LogP contribution is -2.48. The first kappa shape index (κ1) is 19.0. The Hall–Kier alpha value is -2.34. The molecule has 2 fully saturated rings. The minimum Gasteiger partial charge on any atom is -0.368 e. The van der Waals surface area contributed by atoms with Crippen molar-refractivity contribution in [2.75, 3.05) is 73.6 Å². The Labute approximate surface area is 168 Å². The second-order valence-corrected chi connectivity index (χ2v) is 7.83. The van der Waals surface area contributed by atoms with E-state index in [-0.39, 0.29) is 0 Å². The molecule has 2 aliphatic rings. The number of anilines is 3. The molecule has 2 aromatic rings. The third-order valence-corrected chi connectivity index (χ3v) is 6.25. The van der Waals surface area contributed by atoms with Gasteiger partial charge in [-0.25, -0.2) is 4.98 Å². The molecule has 0 unspecified atom stereocenters. The Morgan fingerprint density at radius 1 is 0.821 bits per heavy atom. The van der Waals surface area contributed by atoms with Gasteiger partial charge in [0, 0.05) is 64.2 Å². The molecule has 0 saturated carbocycles. The molecule has 0 atom stereocenters. The lowest BCUT2D eigenvalue weighted by Gasteiger charge is -2.38. The maximum Gasteiger partial charge on any atom is 0.227 e. The molecule has 150 valence electrons. The number of hydrogen-bond donors (Lipinski definition) is 0. The molecule has 6 heteroatoms. The number of piperazine rings is 2. The van der Waals surface area contributed by atoms with E-state index in [1.165, 1.54) is 16.8 Å². The fourth-order valence-corrected chi connectivity index (χ4v) is 4.19. The van der Waals surface area contributed by atoms with Gasteiger partial charge in [-0.3, -0.25) is 0 Å². The number of likely N-dealkylation sites (N-methyl/N-ethyl adjacent to an activating group) is 1.